The second-order valence-corrected chi connectivity index (χ2v) is 19.6. The summed E-state index contributed by atoms with van der Waals surface area (Å²) in [6.45, 7) is 4.31. The number of ether oxygens (including phenoxy) is 2. The van der Waals surface area contributed by atoms with Crippen molar-refractivity contribution in [2.45, 2.75) is 225 Å². The summed E-state index contributed by atoms with van der Waals surface area (Å²) >= 11 is 0. The number of likely N-dealkylation sites (N-methyl/N-ethyl adjacent to an activating group) is 1. The summed E-state index contributed by atoms with van der Waals surface area (Å²) in [5.74, 6) is -0.819. The molecular formula is C52H97NO8P+. The maximum atomic E-state index is 12.8. The van der Waals surface area contributed by atoms with Crippen LogP contribution in [0.4, 0.5) is 0 Å². The minimum atomic E-state index is -4.38. The lowest BCUT2D eigenvalue weighted by Crippen LogP contribution is -2.37. The van der Waals surface area contributed by atoms with E-state index < -0.39 is 26.5 Å². The molecule has 0 saturated carbocycles. The molecule has 0 bridgehead atoms. The van der Waals surface area contributed by atoms with Crippen LogP contribution >= 0.6 is 7.82 Å². The molecule has 0 amide bonds. The molecule has 1 unspecified atom stereocenters. The highest BCUT2D eigenvalue weighted by Gasteiger charge is 2.27. The Bertz CT molecular complexity index is 1190. The zero-order valence-corrected chi connectivity index (χ0v) is 41.7. The van der Waals surface area contributed by atoms with Gasteiger partial charge in [0, 0.05) is 12.8 Å². The average molecular weight is 895 g/mol. The molecule has 0 fully saturated rings. The molecule has 0 rings (SSSR count). The molecule has 0 aromatic carbocycles. The van der Waals surface area contributed by atoms with E-state index in [1.807, 2.05) is 21.1 Å². The van der Waals surface area contributed by atoms with E-state index in [9.17, 15) is 19.0 Å². The fourth-order valence-corrected chi connectivity index (χ4v) is 7.69. The first-order valence-electron chi connectivity index (χ1n) is 25.4. The van der Waals surface area contributed by atoms with Gasteiger partial charge in [0.05, 0.1) is 27.7 Å². The summed E-state index contributed by atoms with van der Waals surface area (Å²) in [6, 6.07) is 0. The standard InChI is InChI=1S/C52H96NO8P/c1-6-8-10-12-14-16-18-20-22-24-25-26-27-29-31-33-35-37-39-41-43-45-52(55)61-50(49-60-62(56,57)59-47-46-53(3,4)5)48-58-51(54)44-42-40-38-36-34-32-30-28-23-21-19-17-15-13-11-9-7-2/h9,11,15,17,21,23,30,32,50H,6-8,10,12-14,16,18-20,22,24-29,31,33-49H2,1-5H3/p+1/b11-9-,17-15-,23-21-,32-30-/t50-/m1/s1. The van der Waals surface area contributed by atoms with Gasteiger partial charge in [0.15, 0.2) is 6.10 Å². The van der Waals surface area contributed by atoms with Crippen LogP contribution < -0.4 is 0 Å². The Kier molecular flexibility index (Phi) is 42.7. The molecule has 0 aliphatic carbocycles. The van der Waals surface area contributed by atoms with E-state index in [0.29, 0.717) is 23.9 Å². The summed E-state index contributed by atoms with van der Waals surface area (Å²) in [5.41, 5.74) is 0. The Balaban J connectivity index is 4.27. The molecule has 0 spiro atoms. The number of quaternary nitrogens is 1. The largest absolute Gasteiger partial charge is 0.472 e. The fraction of sp³-hybridized carbons (Fsp3) is 0.808. The number of carbonyl (C=O) groups is 2. The van der Waals surface area contributed by atoms with E-state index in [4.69, 9.17) is 18.5 Å². The molecule has 9 nitrogen and oxygen atoms in total. The lowest BCUT2D eigenvalue weighted by atomic mass is 10.0. The van der Waals surface area contributed by atoms with Crippen molar-refractivity contribution in [3.05, 3.63) is 48.6 Å². The first kappa shape index (κ1) is 60.0. The maximum Gasteiger partial charge on any atom is 0.472 e. The van der Waals surface area contributed by atoms with Gasteiger partial charge in [-0.1, -0.05) is 204 Å². The average Bonchev–Trinajstić information content (AvgIpc) is 3.23. The van der Waals surface area contributed by atoms with Gasteiger partial charge in [0.2, 0.25) is 0 Å². The van der Waals surface area contributed by atoms with Crippen LogP contribution in [0, 0.1) is 0 Å². The van der Waals surface area contributed by atoms with Crippen molar-refractivity contribution < 1.29 is 42.1 Å². The molecule has 0 heterocycles. The first-order valence-corrected chi connectivity index (χ1v) is 26.9. The van der Waals surface area contributed by atoms with Gasteiger partial charge in [-0.25, -0.2) is 4.57 Å². The zero-order chi connectivity index (χ0) is 45.7. The number of esters is 2. The molecule has 0 aliphatic rings. The molecule has 1 N–H and O–H groups in total. The summed E-state index contributed by atoms with van der Waals surface area (Å²) in [7, 11) is 1.46. The van der Waals surface area contributed by atoms with Gasteiger partial charge >= 0.3 is 19.8 Å². The van der Waals surface area contributed by atoms with E-state index in [1.54, 1.807) is 0 Å². The van der Waals surface area contributed by atoms with Crippen molar-refractivity contribution in [1.82, 2.24) is 0 Å². The first-order chi connectivity index (χ1) is 30.0. The number of carbonyl (C=O) groups excluding carboxylic acids is 2. The highest BCUT2D eigenvalue weighted by molar-refractivity contribution is 7.47. The van der Waals surface area contributed by atoms with Crippen molar-refractivity contribution in [1.29, 1.82) is 0 Å². The maximum absolute atomic E-state index is 12.8. The fourth-order valence-electron chi connectivity index (χ4n) is 6.95. The Hall–Kier alpha value is -2.03. The van der Waals surface area contributed by atoms with Crippen LogP contribution in [0.25, 0.3) is 0 Å². The van der Waals surface area contributed by atoms with Gasteiger partial charge in [-0.05, 0) is 51.4 Å². The molecule has 0 radical (unpaired) electrons. The topological polar surface area (TPSA) is 108 Å². The van der Waals surface area contributed by atoms with E-state index in [0.717, 1.165) is 64.2 Å². The van der Waals surface area contributed by atoms with Gasteiger partial charge in [0.1, 0.15) is 19.8 Å². The van der Waals surface area contributed by atoms with E-state index in [-0.39, 0.29) is 32.0 Å². The van der Waals surface area contributed by atoms with Gasteiger partial charge in [-0.3, -0.25) is 18.6 Å². The molecule has 0 aromatic rings. The van der Waals surface area contributed by atoms with Crippen molar-refractivity contribution in [2.75, 3.05) is 47.5 Å². The number of allylic oxidation sites excluding steroid dienone is 8. The van der Waals surface area contributed by atoms with Crippen molar-refractivity contribution >= 4 is 19.8 Å². The zero-order valence-electron chi connectivity index (χ0n) is 40.9. The second kappa shape index (κ2) is 44.2. The predicted octanol–water partition coefficient (Wildman–Crippen LogP) is 15.0. The Morgan fingerprint density at radius 1 is 0.516 bits per heavy atom. The Morgan fingerprint density at radius 2 is 0.919 bits per heavy atom. The Labute approximate surface area is 382 Å². The van der Waals surface area contributed by atoms with Crippen LogP contribution in [0.2, 0.25) is 0 Å². The van der Waals surface area contributed by atoms with Crippen molar-refractivity contribution in [2.24, 2.45) is 0 Å². The summed E-state index contributed by atoms with van der Waals surface area (Å²) in [4.78, 5) is 35.5. The lowest BCUT2D eigenvalue weighted by molar-refractivity contribution is -0.870. The second-order valence-electron chi connectivity index (χ2n) is 18.2. The lowest BCUT2D eigenvalue weighted by Gasteiger charge is -2.24. The number of hydrogen-bond donors (Lipinski definition) is 1. The van der Waals surface area contributed by atoms with Crippen LogP contribution in [-0.4, -0.2) is 74.9 Å². The van der Waals surface area contributed by atoms with Crippen LogP contribution in [0.3, 0.4) is 0 Å². The van der Waals surface area contributed by atoms with Crippen LogP contribution in [0.15, 0.2) is 48.6 Å². The summed E-state index contributed by atoms with van der Waals surface area (Å²) < 4.78 is 34.4. The Morgan fingerprint density at radius 3 is 1.37 bits per heavy atom. The number of nitrogens with zero attached hydrogens (tertiary/aromatic N) is 1. The van der Waals surface area contributed by atoms with Crippen molar-refractivity contribution in [3.8, 4) is 0 Å². The molecule has 62 heavy (non-hydrogen) atoms. The molecule has 0 aliphatic heterocycles. The van der Waals surface area contributed by atoms with Crippen molar-refractivity contribution in [3.63, 3.8) is 0 Å². The molecule has 0 aromatic heterocycles. The molecule has 0 saturated heterocycles. The van der Waals surface area contributed by atoms with Gasteiger partial charge < -0.3 is 18.9 Å². The number of rotatable bonds is 46. The monoisotopic (exact) mass is 895 g/mol. The quantitative estimate of drug-likeness (QED) is 0.0212. The third-order valence-electron chi connectivity index (χ3n) is 10.9. The predicted molar refractivity (Wildman–Crippen MR) is 261 cm³/mol. The number of phosphoric acid groups is 1. The van der Waals surface area contributed by atoms with E-state index >= 15 is 0 Å². The normalized spacial score (nSPS) is 13.8. The third kappa shape index (κ3) is 47.4. The van der Waals surface area contributed by atoms with Crippen LogP contribution in [0.1, 0.15) is 219 Å². The molecule has 10 heteroatoms. The minimum Gasteiger partial charge on any atom is -0.462 e. The highest BCUT2D eigenvalue weighted by atomic mass is 31.2. The molecule has 2 atom stereocenters. The van der Waals surface area contributed by atoms with Crippen LogP contribution in [0.5, 0.6) is 0 Å². The smallest absolute Gasteiger partial charge is 0.462 e. The third-order valence-corrected chi connectivity index (χ3v) is 11.9. The molecular weight excluding hydrogens is 798 g/mol. The van der Waals surface area contributed by atoms with Gasteiger partial charge in [-0.2, -0.15) is 0 Å². The van der Waals surface area contributed by atoms with E-state index in [2.05, 4.69) is 62.5 Å². The molecule has 362 valence electrons. The van der Waals surface area contributed by atoms with E-state index in [1.165, 1.54) is 116 Å². The SMILES string of the molecule is CC/C=C\C/C=C\C/C=C\C/C=C\CCCCCCC(=O)OC[C@H](COP(=O)(O)OCC[N+](C)(C)C)OC(=O)CCCCCCCCCCCCCCCCCCCCCCC. The summed E-state index contributed by atoms with van der Waals surface area (Å²) in [6.07, 6.45) is 53.1. The minimum absolute atomic E-state index is 0.0274. The number of phosphoric ester groups is 1. The summed E-state index contributed by atoms with van der Waals surface area (Å²) in [5, 5.41) is 0. The highest BCUT2D eigenvalue weighted by Crippen LogP contribution is 2.43. The number of hydrogen-bond acceptors (Lipinski definition) is 7. The van der Waals surface area contributed by atoms with Gasteiger partial charge in [0.25, 0.3) is 0 Å². The van der Waals surface area contributed by atoms with Gasteiger partial charge in [-0.15, -0.1) is 0 Å². The van der Waals surface area contributed by atoms with Crippen LogP contribution in [-0.2, 0) is 32.7 Å². The number of unbranched alkanes of at least 4 members (excludes halogenated alkanes) is 24.